The van der Waals surface area contributed by atoms with Gasteiger partial charge in [-0.25, -0.2) is 4.79 Å². The molecule has 4 amide bonds. The summed E-state index contributed by atoms with van der Waals surface area (Å²) < 4.78 is 10.7. The molecule has 2 aromatic rings. The number of fused-ring (bicyclic) bond motifs is 1. The van der Waals surface area contributed by atoms with Crippen LogP contribution in [0.1, 0.15) is 36.8 Å². The second-order valence-corrected chi connectivity index (χ2v) is 9.26. The maximum atomic E-state index is 12.8. The van der Waals surface area contributed by atoms with E-state index in [9.17, 15) is 14.4 Å². The highest BCUT2D eigenvalue weighted by molar-refractivity contribution is 6.04. The number of piperidine rings is 1. The SMILES string of the molecule is O=C(CC[C@H]1NC(=O)N(Cc2ccc3c(c2)OCO3)C1=O)NC1CCN(Cc2ccccc2)CC1. The fourth-order valence-corrected chi connectivity index (χ4v) is 4.80. The fraction of sp³-hybridized carbons (Fsp3) is 0.423. The van der Waals surface area contributed by atoms with E-state index in [0.717, 1.165) is 38.0 Å². The molecule has 2 aromatic carbocycles. The van der Waals surface area contributed by atoms with Crippen LogP contribution in [0, 0.1) is 0 Å². The summed E-state index contributed by atoms with van der Waals surface area (Å²) in [4.78, 5) is 41.3. The number of amides is 4. The standard InChI is InChI=1S/C26H30N4O5/c31-24(27-20-10-12-29(13-11-20)15-18-4-2-1-3-5-18)9-7-21-25(32)30(26(33)28-21)16-19-6-8-22-23(14-19)35-17-34-22/h1-6,8,14,20-21H,7,9-13,15-17H2,(H,27,31)(H,28,33)/t21-/m1/s1. The van der Waals surface area contributed by atoms with Crippen LogP contribution in [-0.4, -0.2) is 59.6 Å². The molecule has 3 heterocycles. The van der Waals surface area contributed by atoms with Crippen molar-refractivity contribution in [2.45, 2.75) is 50.9 Å². The van der Waals surface area contributed by atoms with Gasteiger partial charge in [0.05, 0.1) is 6.54 Å². The number of ether oxygens (including phenoxy) is 2. The van der Waals surface area contributed by atoms with Gasteiger partial charge in [0.15, 0.2) is 11.5 Å². The lowest BCUT2D eigenvalue weighted by Crippen LogP contribution is -2.44. The van der Waals surface area contributed by atoms with Gasteiger partial charge < -0.3 is 20.1 Å². The van der Waals surface area contributed by atoms with Crippen LogP contribution in [0.15, 0.2) is 48.5 Å². The molecule has 0 bridgehead atoms. The van der Waals surface area contributed by atoms with E-state index in [2.05, 4.69) is 39.8 Å². The van der Waals surface area contributed by atoms with Gasteiger partial charge in [0, 0.05) is 32.1 Å². The molecule has 2 saturated heterocycles. The molecule has 2 N–H and O–H groups in total. The van der Waals surface area contributed by atoms with Crippen molar-refractivity contribution in [3.05, 3.63) is 59.7 Å². The predicted octanol–water partition coefficient (Wildman–Crippen LogP) is 2.40. The Hall–Kier alpha value is -3.59. The maximum Gasteiger partial charge on any atom is 0.325 e. The molecule has 0 aromatic heterocycles. The lowest BCUT2D eigenvalue weighted by atomic mass is 10.0. The molecule has 3 aliphatic rings. The minimum Gasteiger partial charge on any atom is -0.454 e. The Bertz CT molecular complexity index is 1080. The highest BCUT2D eigenvalue weighted by atomic mass is 16.7. The van der Waals surface area contributed by atoms with Gasteiger partial charge in [0.2, 0.25) is 12.7 Å². The van der Waals surface area contributed by atoms with Crippen molar-refractivity contribution in [3.63, 3.8) is 0 Å². The number of rotatable bonds is 8. The van der Waals surface area contributed by atoms with Crippen molar-refractivity contribution in [2.24, 2.45) is 0 Å². The normalized spacial score (nSPS) is 20.2. The van der Waals surface area contributed by atoms with Crippen LogP contribution in [0.3, 0.4) is 0 Å². The molecule has 3 aliphatic heterocycles. The maximum absolute atomic E-state index is 12.8. The average molecular weight is 479 g/mol. The number of benzene rings is 2. The molecule has 35 heavy (non-hydrogen) atoms. The monoisotopic (exact) mass is 478 g/mol. The number of hydrogen-bond acceptors (Lipinski definition) is 6. The van der Waals surface area contributed by atoms with Crippen molar-refractivity contribution in [1.29, 1.82) is 0 Å². The first-order valence-electron chi connectivity index (χ1n) is 12.1. The fourth-order valence-electron chi connectivity index (χ4n) is 4.80. The van der Waals surface area contributed by atoms with Crippen molar-refractivity contribution in [2.75, 3.05) is 19.9 Å². The molecule has 0 saturated carbocycles. The zero-order valence-electron chi connectivity index (χ0n) is 19.6. The minimum atomic E-state index is -0.685. The quantitative estimate of drug-likeness (QED) is 0.566. The van der Waals surface area contributed by atoms with E-state index in [-0.39, 0.29) is 44.0 Å². The van der Waals surface area contributed by atoms with Crippen molar-refractivity contribution in [1.82, 2.24) is 20.4 Å². The predicted molar refractivity (Wildman–Crippen MR) is 128 cm³/mol. The highest BCUT2D eigenvalue weighted by Crippen LogP contribution is 2.33. The van der Waals surface area contributed by atoms with Crippen LogP contribution in [0.2, 0.25) is 0 Å². The van der Waals surface area contributed by atoms with E-state index in [1.807, 2.05) is 6.07 Å². The van der Waals surface area contributed by atoms with Gasteiger partial charge in [-0.05, 0) is 42.5 Å². The number of carbonyl (C=O) groups excluding carboxylic acids is 3. The number of hydrogen-bond donors (Lipinski definition) is 2. The van der Waals surface area contributed by atoms with Gasteiger partial charge >= 0.3 is 6.03 Å². The van der Waals surface area contributed by atoms with Gasteiger partial charge in [-0.1, -0.05) is 36.4 Å². The second-order valence-electron chi connectivity index (χ2n) is 9.26. The third-order valence-corrected chi connectivity index (χ3v) is 6.75. The third-order valence-electron chi connectivity index (χ3n) is 6.75. The summed E-state index contributed by atoms with van der Waals surface area (Å²) in [6.45, 7) is 3.11. The highest BCUT2D eigenvalue weighted by Gasteiger charge is 2.38. The van der Waals surface area contributed by atoms with Gasteiger partial charge in [-0.3, -0.25) is 19.4 Å². The Kier molecular flexibility index (Phi) is 6.85. The Balaban J connectivity index is 1.05. The Morgan fingerprint density at radius 3 is 2.54 bits per heavy atom. The number of carbonyl (C=O) groups is 3. The summed E-state index contributed by atoms with van der Waals surface area (Å²) in [7, 11) is 0. The molecular formula is C26H30N4O5. The van der Waals surface area contributed by atoms with E-state index in [1.54, 1.807) is 18.2 Å². The smallest absolute Gasteiger partial charge is 0.325 e. The van der Waals surface area contributed by atoms with Crippen LogP contribution >= 0.6 is 0 Å². The first kappa shape index (κ1) is 23.2. The number of likely N-dealkylation sites (tertiary alicyclic amines) is 1. The van der Waals surface area contributed by atoms with Crippen LogP contribution < -0.4 is 20.1 Å². The van der Waals surface area contributed by atoms with Crippen molar-refractivity contribution in [3.8, 4) is 11.5 Å². The van der Waals surface area contributed by atoms with Crippen LogP contribution in [0.4, 0.5) is 4.79 Å². The molecule has 2 fully saturated rings. The molecule has 184 valence electrons. The summed E-state index contributed by atoms with van der Waals surface area (Å²) in [6.07, 6.45) is 2.28. The van der Waals surface area contributed by atoms with Gasteiger partial charge in [0.25, 0.3) is 5.91 Å². The summed E-state index contributed by atoms with van der Waals surface area (Å²) in [5, 5.41) is 5.81. The van der Waals surface area contributed by atoms with Gasteiger partial charge in [0.1, 0.15) is 6.04 Å². The van der Waals surface area contributed by atoms with E-state index >= 15 is 0 Å². The molecule has 0 spiro atoms. The summed E-state index contributed by atoms with van der Waals surface area (Å²) >= 11 is 0. The number of nitrogens with one attached hydrogen (secondary N) is 2. The summed E-state index contributed by atoms with van der Waals surface area (Å²) in [5.74, 6) is 0.864. The van der Waals surface area contributed by atoms with Gasteiger partial charge in [-0.2, -0.15) is 0 Å². The first-order chi connectivity index (χ1) is 17.0. The lowest BCUT2D eigenvalue weighted by molar-refractivity contribution is -0.128. The van der Waals surface area contributed by atoms with Crippen LogP contribution in [0.5, 0.6) is 11.5 Å². The van der Waals surface area contributed by atoms with E-state index in [1.165, 1.54) is 10.5 Å². The van der Waals surface area contributed by atoms with E-state index in [0.29, 0.717) is 11.5 Å². The summed E-state index contributed by atoms with van der Waals surface area (Å²) in [6, 6.07) is 14.8. The minimum absolute atomic E-state index is 0.0808. The molecule has 9 heteroatoms. The molecule has 0 unspecified atom stereocenters. The van der Waals surface area contributed by atoms with Gasteiger partial charge in [-0.15, -0.1) is 0 Å². The van der Waals surface area contributed by atoms with E-state index in [4.69, 9.17) is 9.47 Å². The molecule has 0 aliphatic carbocycles. The topological polar surface area (TPSA) is 100 Å². The molecule has 5 rings (SSSR count). The number of urea groups is 1. The summed E-state index contributed by atoms with van der Waals surface area (Å²) in [5.41, 5.74) is 2.07. The molecule has 9 nitrogen and oxygen atoms in total. The number of nitrogens with zero attached hydrogens (tertiary/aromatic N) is 2. The molecule has 1 atom stereocenters. The third kappa shape index (κ3) is 5.57. The molecule has 0 radical (unpaired) electrons. The molecular weight excluding hydrogens is 448 g/mol. The first-order valence-corrected chi connectivity index (χ1v) is 12.1. The number of imide groups is 1. The van der Waals surface area contributed by atoms with E-state index < -0.39 is 12.1 Å². The second kappa shape index (κ2) is 10.4. The Morgan fingerprint density at radius 2 is 1.74 bits per heavy atom. The van der Waals surface area contributed by atoms with Crippen LogP contribution in [-0.2, 0) is 22.7 Å². The van der Waals surface area contributed by atoms with Crippen molar-refractivity contribution < 1.29 is 23.9 Å². The zero-order valence-corrected chi connectivity index (χ0v) is 19.6. The average Bonchev–Trinajstić information content (AvgIpc) is 3.44. The van der Waals surface area contributed by atoms with Crippen molar-refractivity contribution >= 4 is 17.8 Å². The largest absolute Gasteiger partial charge is 0.454 e. The Labute approximate surface area is 204 Å². The zero-order chi connectivity index (χ0) is 24.2. The lowest BCUT2D eigenvalue weighted by Gasteiger charge is -2.32. The van der Waals surface area contributed by atoms with Crippen LogP contribution in [0.25, 0.3) is 0 Å². The Morgan fingerprint density at radius 1 is 0.971 bits per heavy atom.